The first-order chi connectivity index (χ1) is 10.6. The summed E-state index contributed by atoms with van der Waals surface area (Å²) < 4.78 is 3.88. The molecular formula is C15H14N4OS2. The lowest BCUT2D eigenvalue weighted by atomic mass is 9.93. The van der Waals surface area contributed by atoms with Crippen molar-refractivity contribution in [1.29, 1.82) is 0 Å². The van der Waals surface area contributed by atoms with Crippen LogP contribution in [-0.2, 0) is 4.79 Å². The van der Waals surface area contributed by atoms with Gasteiger partial charge in [0.15, 0.2) is 10.9 Å². The molecule has 1 atom stereocenters. The number of rotatable bonds is 3. The zero-order chi connectivity index (χ0) is 15.7. The number of nitrogens with zero attached hydrogens (tertiary/aromatic N) is 2. The van der Waals surface area contributed by atoms with Gasteiger partial charge in [-0.1, -0.05) is 34.3 Å². The second kappa shape index (κ2) is 5.94. The predicted molar refractivity (Wildman–Crippen MR) is 90.3 cm³/mol. The van der Waals surface area contributed by atoms with E-state index < -0.39 is 0 Å². The Kier molecular flexibility index (Phi) is 4.00. The van der Waals surface area contributed by atoms with Gasteiger partial charge in [-0.2, -0.15) is 0 Å². The number of hydrogen-bond acceptors (Lipinski definition) is 5. The third-order valence-corrected chi connectivity index (χ3v) is 4.21. The van der Waals surface area contributed by atoms with Gasteiger partial charge in [-0.15, -0.1) is 5.10 Å². The van der Waals surface area contributed by atoms with Gasteiger partial charge in [0, 0.05) is 11.0 Å². The number of aromatic nitrogens is 2. The number of aryl methyl sites for hydroxylation is 1. The van der Waals surface area contributed by atoms with E-state index in [1.54, 1.807) is 6.92 Å². The number of hydrogen-bond donors (Lipinski definition) is 2. The zero-order valence-electron chi connectivity index (χ0n) is 12.1. The number of ketones is 1. The van der Waals surface area contributed by atoms with Gasteiger partial charge in [-0.25, -0.2) is 0 Å². The molecule has 1 aromatic carbocycles. The Morgan fingerprint density at radius 3 is 2.64 bits per heavy atom. The lowest BCUT2D eigenvalue weighted by Gasteiger charge is -2.29. The van der Waals surface area contributed by atoms with Gasteiger partial charge in [0.25, 0.3) is 0 Å². The van der Waals surface area contributed by atoms with E-state index in [0.29, 0.717) is 16.4 Å². The van der Waals surface area contributed by atoms with Crippen molar-refractivity contribution in [3.05, 3.63) is 52.0 Å². The number of carbonyl (C=O) groups is 1. The van der Waals surface area contributed by atoms with E-state index in [9.17, 15) is 4.79 Å². The van der Waals surface area contributed by atoms with Gasteiger partial charge in [0.1, 0.15) is 11.7 Å². The maximum atomic E-state index is 12.2. The van der Waals surface area contributed by atoms with Crippen LogP contribution in [0.15, 0.2) is 35.2 Å². The van der Waals surface area contributed by atoms with Crippen LogP contribution >= 0.6 is 23.8 Å². The molecule has 0 amide bonds. The Morgan fingerprint density at radius 1 is 1.32 bits per heavy atom. The van der Waals surface area contributed by atoms with E-state index in [2.05, 4.69) is 20.2 Å². The highest BCUT2D eigenvalue weighted by atomic mass is 32.1. The summed E-state index contributed by atoms with van der Waals surface area (Å²) in [5.74, 6) is -0.0314. The van der Waals surface area contributed by atoms with Crippen molar-refractivity contribution in [2.24, 2.45) is 0 Å². The first-order valence-electron chi connectivity index (χ1n) is 6.73. The van der Waals surface area contributed by atoms with E-state index >= 15 is 0 Å². The van der Waals surface area contributed by atoms with Gasteiger partial charge in [-0.05, 0) is 43.2 Å². The van der Waals surface area contributed by atoms with Crippen LogP contribution in [0.3, 0.4) is 0 Å². The summed E-state index contributed by atoms with van der Waals surface area (Å²) in [5, 5.41) is 12.6. The highest BCUT2D eigenvalue weighted by Crippen LogP contribution is 2.31. The van der Waals surface area contributed by atoms with Crippen molar-refractivity contribution < 1.29 is 4.79 Å². The van der Waals surface area contributed by atoms with Crippen LogP contribution in [0.2, 0.25) is 0 Å². The molecule has 0 saturated heterocycles. The summed E-state index contributed by atoms with van der Waals surface area (Å²) in [6, 6.07) is 7.59. The molecule has 112 valence electrons. The summed E-state index contributed by atoms with van der Waals surface area (Å²) in [6.07, 6.45) is 0. The lowest BCUT2D eigenvalue weighted by molar-refractivity contribution is -0.113. The first kappa shape index (κ1) is 14.8. The zero-order valence-corrected chi connectivity index (χ0v) is 13.7. The molecule has 5 nitrogen and oxygen atoms in total. The molecule has 0 fully saturated rings. The fourth-order valence-corrected chi connectivity index (χ4v) is 3.11. The predicted octanol–water partition coefficient (Wildman–Crippen LogP) is 2.37. The van der Waals surface area contributed by atoms with E-state index in [4.69, 9.17) is 12.2 Å². The normalized spacial score (nSPS) is 17.9. The van der Waals surface area contributed by atoms with Crippen molar-refractivity contribution in [2.75, 3.05) is 0 Å². The van der Waals surface area contributed by atoms with Crippen LogP contribution in [0.5, 0.6) is 0 Å². The molecule has 2 heterocycles. The molecule has 1 aromatic heterocycles. The molecule has 1 aliphatic rings. The summed E-state index contributed by atoms with van der Waals surface area (Å²) >= 11 is 6.54. The fourth-order valence-electron chi connectivity index (χ4n) is 2.41. The molecule has 0 spiro atoms. The quantitative estimate of drug-likeness (QED) is 0.842. The average molecular weight is 330 g/mol. The Balaban J connectivity index is 2.16. The van der Waals surface area contributed by atoms with Crippen LogP contribution in [0.25, 0.3) is 5.70 Å². The summed E-state index contributed by atoms with van der Waals surface area (Å²) in [6.45, 7) is 3.57. The highest BCUT2D eigenvalue weighted by Gasteiger charge is 2.31. The third-order valence-electron chi connectivity index (χ3n) is 3.46. The van der Waals surface area contributed by atoms with Gasteiger partial charge in [0.2, 0.25) is 0 Å². The Bertz CT molecular complexity index is 750. The molecule has 2 aromatic rings. The van der Waals surface area contributed by atoms with Gasteiger partial charge in [0.05, 0.1) is 5.70 Å². The molecule has 0 radical (unpaired) electrons. The standard InChI is InChI=1S/C15H14N4OS2/c1-8-3-5-10(6-4-8)13-12(9(2)20)14(17-15(21)16-13)11-7-22-19-18-11/h3-7,14H,1-2H3,(H2,16,17,21)/t14-/m1/s1. The Labute approximate surface area is 137 Å². The van der Waals surface area contributed by atoms with Gasteiger partial charge >= 0.3 is 0 Å². The molecule has 22 heavy (non-hydrogen) atoms. The molecule has 0 saturated carbocycles. The van der Waals surface area contributed by atoms with E-state index in [-0.39, 0.29) is 11.8 Å². The SMILES string of the molecule is CC(=O)C1=C(c2ccc(C)cc2)NC(=S)N[C@@H]1c1csnn1. The van der Waals surface area contributed by atoms with E-state index in [1.807, 2.05) is 36.6 Å². The highest BCUT2D eigenvalue weighted by molar-refractivity contribution is 7.80. The lowest BCUT2D eigenvalue weighted by Crippen LogP contribution is -2.44. The first-order valence-corrected chi connectivity index (χ1v) is 7.97. The number of benzene rings is 1. The number of nitrogens with one attached hydrogen (secondary N) is 2. The molecule has 2 N–H and O–H groups in total. The number of thiocarbonyl (C=S) groups is 1. The van der Waals surface area contributed by atoms with Crippen LogP contribution in [0, 0.1) is 6.92 Å². The van der Waals surface area contributed by atoms with E-state index in [0.717, 1.165) is 16.8 Å². The molecular weight excluding hydrogens is 316 g/mol. The smallest absolute Gasteiger partial charge is 0.171 e. The van der Waals surface area contributed by atoms with Crippen molar-refractivity contribution in [2.45, 2.75) is 19.9 Å². The van der Waals surface area contributed by atoms with Crippen LogP contribution in [0.1, 0.15) is 29.8 Å². The Hall–Kier alpha value is -2.12. The van der Waals surface area contributed by atoms with E-state index in [1.165, 1.54) is 11.5 Å². The maximum absolute atomic E-state index is 12.2. The molecule has 3 rings (SSSR count). The third kappa shape index (κ3) is 2.77. The minimum absolute atomic E-state index is 0.0314. The van der Waals surface area contributed by atoms with Crippen molar-refractivity contribution in [3.63, 3.8) is 0 Å². The van der Waals surface area contributed by atoms with Gasteiger partial charge in [-0.3, -0.25) is 4.79 Å². The Morgan fingerprint density at radius 2 is 2.05 bits per heavy atom. The minimum Gasteiger partial charge on any atom is -0.350 e. The van der Waals surface area contributed by atoms with Gasteiger partial charge < -0.3 is 10.6 Å². The maximum Gasteiger partial charge on any atom is 0.171 e. The number of Topliss-reactive ketones (excluding diaryl/α,β-unsaturated/α-hetero) is 1. The molecule has 0 aliphatic carbocycles. The summed E-state index contributed by atoms with van der Waals surface area (Å²) in [4.78, 5) is 12.2. The topological polar surface area (TPSA) is 66.9 Å². The van der Waals surface area contributed by atoms with Crippen molar-refractivity contribution >= 4 is 40.3 Å². The molecule has 0 unspecified atom stereocenters. The fraction of sp³-hybridized carbons (Fsp3) is 0.200. The molecule has 7 heteroatoms. The second-order valence-electron chi connectivity index (χ2n) is 5.07. The van der Waals surface area contributed by atoms with Crippen LogP contribution in [-0.4, -0.2) is 20.5 Å². The minimum atomic E-state index is -0.374. The number of carbonyl (C=O) groups excluding carboxylic acids is 1. The summed E-state index contributed by atoms with van der Waals surface area (Å²) in [5.41, 5.74) is 4.13. The average Bonchev–Trinajstić information content (AvgIpc) is 3.01. The second-order valence-corrected chi connectivity index (χ2v) is 6.09. The molecule has 1 aliphatic heterocycles. The molecule has 0 bridgehead atoms. The van der Waals surface area contributed by atoms with Crippen LogP contribution < -0.4 is 10.6 Å². The monoisotopic (exact) mass is 330 g/mol. The van der Waals surface area contributed by atoms with Crippen molar-refractivity contribution in [3.8, 4) is 0 Å². The largest absolute Gasteiger partial charge is 0.350 e. The van der Waals surface area contributed by atoms with Crippen LogP contribution in [0.4, 0.5) is 0 Å². The summed E-state index contributed by atoms with van der Waals surface area (Å²) in [7, 11) is 0. The van der Waals surface area contributed by atoms with Crippen molar-refractivity contribution in [1.82, 2.24) is 20.2 Å².